The Kier molecular flexibility index (Phi) is 8.84. The van der Waals surface area contributed by atoms with Gasteiger partial charge in [0.1, 0.15) is 0 Å². The van der Waals surface area contributed by atoms with Gasteiger partial charge in [0, 0.05) is 31.0 Å². The Balaban J connectivity index is 0.00000136. The third-order valence-corrected chi connectivity index (χ3v) is 4.16. The van der Waals surface area contributed by atoms with Gasteiger partial charge in [-0.3, -0.25) is 15.2 Å². The largest absolute Gasteiger partial charge is 0.374 e. The molecule has 1 aromatic carbocycles. The lowest BCUT2D eigenvalue weighted by Gasteiger charge is -2.32. The van der Waals surface area contributed by atoms with Crippen LogP contribution in [0.25, 0.3) is 0 Å². The molecule has 0 amide bonds. The molecule has 152 valence electrons. The lowest BCUT2D eigenvalue weighted by atomic mass is 10.2. The molecule has 3 N–H and O–H groups in total. The molecule has 0 saturated carbocycles. The second kappa shape index (κ2) is 11.4. The van der Waals surface area contributed by atoms with Crippen LogP contribution >= 0.6 is 0 Å². The molecule has 0 radical (unpaired) electrons. The van der Waals surface area contributed by atoms with Gasteiger partial charge in [-0.25, -0.2) is 9.97 Å². The smallest absolute Gasteiger partial charge is 0.229 e. The summed E-state index contributed by atoms with van der Waals surface area (Å²) in [6.45, 7) is 11.8. The first-order valence-electron chi connectivity index (χ1n) is 9.85. The van der Waals surface area contributed by atoms with Crippen molar-refractivity contribution in [3.8, 4) is 0 Å². The van der Waals surface area contributed by atoms with Crippen LogP contribution in [-0.4, -0.2) is 53.2 Å². The van der Waals surface area contributed by atoms with Gasteiger partial charge >= 0.3 is 0 Å². The molecule has 1 fully saturated rings. The Bertz CT molecular complexity index is 730. The number of anilines is 1. The van der Waals surface area contributed by atoms with Crippen LogP contribution in [0.1, 0.15) is 30.8 Å². The SMILES string of the molecule is CC.Cc1cc(C)nc(NC(N)=NCC2CN(Cc3ccccc3)CCO2)n1. The number of morpholine rings is 1. The number of rotatable bonds is 5. The van der Waals surface area contributed by atoms with Crippen molar-refractivity contribution in [3.05, 3.63) is 53.3 Å². The fraction of sp³-hybridized carbons (Fsp3) is 0.476. The predicted octanol–water partition coefficient (Wildman–Crippen LogP) is 2.75. The van der Waals surface area contributed by atoms with E-state index in [4.69, 9.17) is 10.5 Å². The van der Waals surface area contributed by atoms with E-state index >= 15 is 0 Å². The van der Waals surface area contributed by atoms with Crippen molar-refractivity contribution < 1.29 is 4.74 Å². The molecule has 3 rings (SSSR count). The number of nitrogens with zero attached hydrogens (tertiary/aromatic N) is 4. The molecular formula is C21H32N6O. The molecule has 2 heterocycles. The molecule has 7 nitrogen and oxygen atoms in total. The number of ether oxygens (including phenoxy) is 1. The Morgan fingerprint density at radius 1 is 1.21 bits per heavy atom. The fourth-order valence-electron chi connectivity index (χ4n) is 3.01. The van der Waals surface area contributed by atoms with Crippen LogP contribution in [0.2, 0.25) is 0 Å². The van der Waals surface area contributed by atoms with E-state index < -0.39 is 0 Å². The fourth-order valence-corrected chi connectivity index (χ4v) is 3.01. The molecule has 1 saturated heterocycles. The van der Waals surface area contributed by atoms with Gasteiger partial charge in [0.2, 0.25) is 5.95 Å². The van der Waals surface area contributed by atoms with Gasteiger partial charge in [0.05, 0.1) is 19.3 Å². The van der Waals surface area contributed by atoms with Gasteiger partial charge in [-0.15, -0.1) is 0 Å². The van der Waals surface area contributed by atoms with Crippen molar-refractivity contribution in [2.75, 3.05) is 31.6 Å². The second-order valence-electron chi connectivity index (χ2n) is 6.54. The zero-order valence-electron chi connectivity index (χ0n) is 17.4. The van der Waals surface area contributed by atoms with Crippen LogP contribution in [0.4, 0.5) is 5.95 Å². The van der Waals surface area contributed by atoms with Crippen LogP contribution < -0.4 is 11.1 Å². The van der Waals surface area contributed by atoms with E-state index in [9.17, 15) is 0 Å². The van der Waals surface area contributed by atoms with E-state index in [1.165, 1.54) is 5.56 Å². The quantitative estimate of drug-likeness (QED) is 0.609. The first kappa shape index (κ1) is 21.8. The summed E-state index contributed by atoms with van der Waals surface area (Å²) < 4.78 is 5.82. The van der Waals surface area contributed by atoms with Gasteiger partial charge < -0.3 is 10.5 Å². The zero-order chi connectivity index (χ0) is 20.4. The van der Waals surface area contributed by atoms with Crippen molar-refractivity contribution in [2.45, 2.75) is 40.3 Å². The number of guanidine groups is 1. The number of hydrogen-bond donors (Lipinski definition) is 2. The topological polar surface area (TPSA) is 88.7 Å². The van der Waals surface area contributed by atoms with E-state index in [0.717, 1.165) is 31.0 Å². The van der Waals surface area contributed by atoms with Gasteiger partial charge in [0.25, 0.3) is 0 Å². The van der Waals surface area contributed by atoms with Crippen molar-refractivity contribution in [1.29, 1.82) is 0 Å². The highest BCUT2D eigenvalue weighted by atomic mass is 16.5. The Labute approximate surface area is 168 Å². The Morgan fingerprint density at radius 2 is 1.89 bits per heavy atom. The highest BCUT2D eigenvalue weighted by Gasteiger charge is 2.20. The molecule has 1 unspecified atom stereocenters. The lowest BCUT2D eigenvalue weighted by Crippen LogP contribution is -2.43. The molecule has 2 aromatic rings. The van der Waals surface area contributed by atoms with E-state index in [1.54, 1.807) is 0 Å². The summed E-state index contributed by atoms with van der Waals surface area (Å²) in [6, 6.07) is 12.4. The minimum atomic E-state index is 0.0352. The highest BCUT2D eigenvalue weighted by Crippen LogP contribution is 2.11. The second-order valence-corrected chi connectivity index (χ2v) is 6.54. The van der Waals surface area contributed by atoms with Crippen molar-refractivity contribution >= 4 is 11.9 Å². The number of benzene rings is 1. The summed E-state index contributed by atoms with van der Waals surface area (Å²) in [7, 11) is 0. The predicted molar refractivity (Wildman–Crippen MR) is 114 cm³/mol. The van der Waals surface area contributed by atoms with E-state index in [2.05, 4.69) is 49.4 Å². The normalized spacial score (nSPS) is 17.6. The standard InChI is InChI=1S/C19H26N6O.C2H6/c1-14-10-15(2)23-19(22-14)24-18(20)21-11-17-13-25(8-9-26-17)12-16-6-4-3-5-7-16;1-2/h3-7,10,17H,8-9,11-13H2,1-2H3,(H3,20,21,22,23,24);1-2H3. The summed E-state index contributed by atoms with van der Waals surface area (Å²) in [5.41, 5.74) is 9.06. The molecule has 1 atom stereocenters. The zero-order valence-corrected chi connectivity index (χ0v) is 17.4. The van der Waals surface area contributed by atoms with Gasteiger partial charge in [-0.05, 0) is 25.5 Å². The molecule has 0 spiro atoms. The van der Waals surface area contributed by atoms with Gasteiger partial charge in [-0.1, -0.05) is 44.2 Å². The summed E-state index contributed by atoms with van der Waals surface area (Å²) in [6.07, 6.45) is 0.0352. The van der Waals surface area contributed by atoms with Crippen LogP contribution in [0.15, 0.2) is 41.4 Å². The number of aromatic nitrogens is 2. The maximum atomic E-state index is 5.97. The van der Waals surface area contributed by atoms with Crippen LogP contribution in [-0.2, 0) is 11.3 Å². The van der Waals surface area contributed by atoms with Crippen molar-refractivity contribution in [2.24, 2.45) is 10.7 Å². The molecule has 0 bridgehead atoms. The maximum Gasteiger partial charge on any atom is 0.229 e. The number of aliphatic imine (C=N–C) groups is 1. The molecule has 0 aliphatic carbocycles. The third kappa shape index (κ3) is 7.25. The van der Waals surface area contributed by atoms with Gasteiger partial charge in [-0.2, -0.15) is 0 Å². The Morgan fingerprint density at radius 3 is 2.57 bits per heavy atom. The third-order valence-electron chi connectivity index (χ3n) is 4.16. The molecule has 7 heteroatoms. The number of nitrogens with one attached hydrogen (secondary N) is 1. The van der Waals surface area contributed by atoms with Gasteiger partial charge in [0.15, 0.2) is 5.96 Å². The van der Waals surface area contributed by atoms with Crippen LogP contribution in [0, 0.1) is 13.8 Å². The summed E-state index contributed by atoms with van der Waals surface area (Å²) in [5, 5.41) is 2.95. The first-order valence-corrected chi connectivity index (χ1v) is 9.85. The average Bonchev–Trinajstić information content (AvgIpc) is 2.68. The minimum absolute atomic E-state index is 0.0352. The molecule has 1 aliphatic heterocycles. The van der Waals surface area contributed by atoms with Crippen molar-refractivity contribution in [1.82, 2.24) is 14.9 Å². The van der Waals surface area contributed by atoms with E-state index in [-0.39, 0.29) is 6.10 Å². The first-order chi connectivity index (χ1) is 13.6. The Hall–Kier alpha value is -2.51. The number of nitrogens with two attached hydrogens (primary N) is 1. The summed E-state index contributed by atoms with van der Waals surface area (Å²) in [4.78, 5) is 15.4. The minimum Gasteiger partial charge on any atom is -0.374 e. The summed E-state index contributed by atoms with van der Waals surface area (Å²) in [5.74, 6) is 0.776. The van der Waals surface area contributed by atoms with E-state index in [1.807, 2.05) is 39.8 Å². The van der Waals surface area contributed by atoms with Crippen molar-refractivity contribution in [3.63, 3.8) is 0 Å². The van der Waals surface area contributed by atoms with E-state index in [0.29, 0.717) is 25.1 Å². The molecule has 1 aliphatic rings. The molecular weight excluding hydrogens is 352 g/mol. The lowest BCUT2D eigenvalue weighted by molar-refractivity contribution is -0.0257. The molecule has 28 heavy (non-hydrogen) atoms. The van der Waals surface area contributed by atoms with Crippen LogP contribution in [0.5, 0.6) is 0 Å². The van der Waals surface area contributed by atoms with Crippen LogP contribution in [0.3, 0.4) is 0 Å². The maximum absolute atomic E-state index is 5.97. The average molecular weight is 385 g/mol. The number of hydrogen-bond acceptors (Lipinski definition) is 5. The summed E-state index contributed by atoms with van der Waals surface area (Å²) >= 11 is 0. The highest BCUT2D eigenvalue weighted by molar-refractivity contribution is 5.90. The monoisotopic (exact) mass is 384 g/mol. The number of aryl methyl sites for hydroxylation is 2. The molecule has 1 aromatic heterocycles.